The van der Waals surface area contributed by atoms with Crippen LogP contribution in [0, 0.1) is 13.8 Å². The number of hydrogen-bond donors (Lipinski definition) is 3. The van der Waals surface area contributed by atoms with E-state index in [1.54, 1.807) is 64.3 Å². The van der Waals surface area contributed by atoms with Crippen molar-refractivity contribution in [2.45, 2.75) is 78.6 Å². The number of amides is 3. The number of phenolic OH excluding ortho intramolecular Hbond substituents is 1. The van der Waals surface area contributed by atoms with E-state index in [1.807, 2.05) is 45.9 Å². The molecular formula is C34H43N3O6. The van der Waals surface area contributed by atoms with Crippen LogP contribution in [-0.4, -0.2) is 52.7 Å². The summed E-state index contributed by atoms with van der Waals surface area (Å²) in [5.74, 6) is -0.133. The number of nitrogens with one attached hydrogen (secondary N) is 2. The Bertz CT molecular complexity index is 1410. The van der Waals surface area contributed by atoms with Crippen molar-refractivity contribution in [2.24, 2.45) is 0 Å². The van der Waals surface area contributed by atoms with Crippen molar-refractivity contribution < 1.29 is 29.0 Å². The van der Waals surface area contributed by atoms with E-state index in [4.69, 9.17) is 9.47 Å². The van der Waals surface area contributed by atoms with Gasteiger partial charge < -0.3 is 30.1 Å². The number of anilines is 1. The Kier molecular flexibility index (Phi) is 10.8. The number of benzene rings is 3. The lowest BCUT2D eigenvalue weighted by Crippen LogP contribution is -2.55. The number of methoxy groups -OCH3 is 1. The van der Waals surface area contributed by atoms with E-state index < -0.39 is 41.6 Å². The van der Waals surface area contributed by atoms with Crippen molar-refractivity contribution in [3.8, 4) is 11.5 Å². The molecule has 43 heavy (non-hydrogen) atoms. The molecule has 3 aromatic rings. The Hall–Kier alpha value is -4.53. The zero-order chi connectivity index (χ0) is 31.9. The molecule has 0 spiro atoms. The molecule has 3 aromatic carbocycles. The molecule has 0 fully saturated rings. The van der Waals surface area contributed by atoms with Crippen LogP contribution in [0.4, 0.5) is 10.5 Å². The van der Waals surface area contributed by atoms with E-state index in [2.05, 4.69) is 10.6 Å². The number of hydrogen-bond acceptors (Lipinski definition) is 6. The van der Waals surface area contributed by atoms with Crippen LogP contribution in [0.1, 0.15) is 62.9 Å². The van der Waals surface area contributed by atoms with Gasteiger partial charge in [0.1, 0.15) is 29.2 Å². The van der Waals surface area contributed by atoms with Crippen LogP contribution >= 0.6 is 0 Å². The molecule has 0 aromatic heterocycles. The standard InChI is InChI=1S/C34H43N3O6/c1-21(2)37(32(40)29(36-33(41)43-34(5,6)7)20-24-10-15-27(38)16-11-24)30(25-12-9-22(3)23(4)19-25)31(39)35-26-13-17-28(42-8)18-14-26/h9-19,21,29-30,38H,20H2,1-8H3,(H,35,39)(H,36,41). The summed E-state index contributed by atoms with van der Waals surface area (Å²) < 4.78 is 10.7. The largest absolute Gasteiger partial charge is 0.508 e. The molecule has 3 amide bonds. The highest BCUT2D eigenvalue weighted by Gasteiger charge is 2.38. The number of aryl methyl sites for hydroxylation is 2. The molecule has 0 aliphatic heterocycles. The topological polar surface area (TPSA) is 117 Å². The zero-order valence-electron chi connectivity index (χ0n) is 26.2. The highest BCUT2D eigenvalue weighted by molar-refractivity contribution is 5.99. The lowest BCUT2D eigenvalue weighted by atomic mass is 9.96. The average Bonchev–Trinajstić information content (AvgIpc) is 2.93. The van der Waals surface area contributed by atoms with E-state index in [0.717, 1.165) is 11.1 Å². The Balaban J connectivity index is 2.07. The first-order valence-corrected chi connectivity index (χ1v) is 14.3. The van der Waals surface area contributed by atoms with Gasteiger partial charge in [-0.2, -0.15) is 0 Å². The van der Waals surface area contributed by atoms with Crippen LogP contribution in [0.2, 0.25) is 0 Å². The third-order valence-corrected chi connectivity index (χ3v) is 6.91. The van der Waals surface area contributed by atoms with Gasteiger partial charge in [0, 0.05) is 18.2 Å². The summed E-state index contributed by atoms with van der Waals surface area (Å²) in [6.45, 7) is 12.8. The second-order valence-electron chi connectivity index (χ2n) is 11.9. The normalized spacial score (nSPS) is 12.7. The van der Waals surface area contributed by atoms with Gasteiger partial charge >= 0.3 is 6.09 Å². The number of carbonyl (C=O) groups is 3. The summed E-state index contributed by atoms with van der Waals surface area (Å²) in [5.41, 5.74) is 3.14. The lowest BCUT2D eigenvalue weighted by molar-refractivity contribution is -0.142. The van der Waals surface area contributed by atoms with Crippen molar-refractivity contribution >= 4 is 23.6 Å². The third-order valence-electron chi connectivity index (χ3n) is 6.91. The number of rotatable bonds is 10. The Morgan fingerprint density at radius 2 is 1.53 bits per heavy atom. The number of nitrogens with zero attached hydrogens (tertiary/aromatic N) is 1. The van der Waals surface area contributed by atoms with Gasteiger partial charge in [-0.1, -0.05) is 30.3 Å². The Morgan fingerprint density at radius 3 is 2.07 bits per heavy atom. The molecule has 230 valence electrons. The predicted molar refractivity (Wildman–Crippen MR) is 167 cm³/mol. The van der Waals surface area contributed by atoms with E-state index in [1.165, 1.54) is 17.0 Å². The molecule has 3 rings (SSSR count). The maximum absolute atomic E-state index is 14.5. The fourth-order valence-electron chi connectivity index (χ4n) is 4.64. The highest BCUT2D eigenvalue weighted by Crippen LogP contribution is 2.29. The molecule has 2 unspecified atom stereocenters. The summed E-state index contributed by atoms with van der Waals surface area (Å²) in [6, 6.07) is 16.5. The average molecular weight is 590 g/mol. The van der Waals surface area contributed by atoms with Gasteiger partial charge in [0.2, 0.25) is 5.91 Å². The lowest BCUT2D eigenvalue weighted by Gasteiger charge is -2.37. The van der Waals surface area contributed by atoms with Gasteiger partial charge in [0.05, 0.1) is 7.11 Å². The van der Waals surface area contributed by atoms with Crippen LogP contribution in [0.3, 0.4) is 0 Å². The number of aromatic hydroxyl groups is 1. The molecular weight excluding hydrogens is 546 g/mol. The fourth-order valence-corrected chi connectivity index (χ4v) is 4.64. The smallest absolute Gasteiger partial charge is 0.408 e. The highest BCUT2D eigenvalue weighted by atomic mass is 16.6. The van der Waals surface area contributed by atoms with Crippen LogP contribution in [0.25, 0.3) is 0 Å². The summed E-state index contributed by atoms with van der Waals surface area (Å²) in [6.07, 6.45) is -0.639. The van der Waals surface area contributed by atoms with E-state index >= 15 is 0 Å². The number of carbonyl (C=O) groups excluding carboxylic acids is 3. The predicted octanol–water partition coefficient (Wildman–Crippen LogP) is 6.07. The second kappa shape index (κ2) is 14.1. The summed E-state index contributed by atoms with van der Waals surface area (Å²) in [7, 11) is 1.56. The first kappa shape index (κ1) is 33.0. The SMILES string of the molecule is COc1ccc(NC(=O)C(c2ccc(C)c(C)c2)N(C(=O)C(Cc2ccc(O)cc2)NC(=O)OC(C)(C)C)C(C)C)cc1. The zero-order valence-corrected chi connectivity index (χ0v) is 26.2. The van der Waals surface area contributed by atoms with Crippen molar-refractivity contribution in [3.63, 3.8) is 0 Å². The molecule has 3 N–H and O–H groups in total. The molecule has 0 saturated carbocycles. The Labute approximate surface area is 254 Å². The van der Waals surface area contributed by atoms with Gasteiger partial charge in [-0.05, 0) is 107 Å². The van der Waals surface area contributed by atoms with Crippen LogP contribution in [-0.2, 0) is 20.7 Å². The molecule has 9 heteroatoms. The number of alkyl carbamates (subject to hydrolysis) is 1. The van der Waals surface area contributed by atoms with Crippen molar-refractivity contribution in [2.75, 3.05) is 12.4 Å². The molecule has 0 bridgehead atoms. The quantitative estimate of drug-likeness (QED) is 0.264. The number of ether oxygens (including phenoxy) is 2. The third kappa shape index (κ3) is 9.23. The molecule has 0 aliphatic rings. The van der Waals surface area contributed by atoms with E-state index in [-0.39, 0.29) is 12.2 Å². The summed E-state index contributed by atoms with van der Waals surface area (Å²) in [4.78, 5) is 43.0. The van der Waals surface area contributed by atoms with Crippen LogP contribution in [0.5, 0.6) is 11.5 Å². The minimum absolute atomic E-state index is 0.0838. The van der Waals surface area contributed by atoms with Crippen molar-refractivity contribution in [3.05, 3.63) is 89.0 Å². The summed E-state index contributed by atoms with van der Waals surface area (Å²) in [5, 5.41) is 15.5. The maximum atomic E-state index is 14.5. The molecule has 2 atom stereocenters. The summed E-state index contributed by atoms with van der Waals surface area (Å²) >= 11 is 0. The van der Waals surface area contributed by atoms with Crippen LogP contribution in [0.15, 0.2) is 66.7 Å². The maximum Gasteiger partial charge on any atom is 0.408 e. The molecule has 0 heterocycles. The second-order valence-corrected chi connectivity index (χ2v) is 11.9. The van der Waals surface area contributed by atoms with Gasteiger partial charge in [0.15, 0.2) is 0 Å². The van der Waals surface area contributed by atoms with Gasteiger partial charge in [0.25, 0.3) is 5.91 Å². The van der Waals surface area contributed by atoms with Crippen molar-refractivity contribution in [1.29, 1.82) is 0 Å². The molecule has 9 nitrogen and oxygen atoms in total. The first-order chi connectivity index (χ1) is 20.2. The van der Waals surface area contributed by atoms with Gasteiger partial charge in [-0.3, -0.25) is 9.59 Å². The van der Waals surface area contributed by atoms with Crippen LogP contribution < -0.4 is 15.4 Å². The molecule has 0 saturated heterocycles. The molecule has 0 aliphatic carbocycles. The van der Waals surface area contributed by atoms with Gasteiger partial charge in [-0.25, -0.2) is 4.79 Å². The van der Waals surface area contributed by atoms with Gasteiger partial charge in [-0.15, -0.1) is 0 Å². The molecule has 0 radical (unpaired) electrons. The minimum atomic E-state index is -1.07. The minimum Gasteiger partial charge on any atom is -0.508 e. The first-order valence-electron chi connectivity index (χ1n) is 14.3. The van der Waals surface area contributed by atoms with Crippen molar-refractivity contribution in [1.82, 2.24) is 10.2 Å². The number of phenols is 1. The monoisotopic (exact) mass is 589 g/mol. The van der Waals surface area contributed by atoms with E-state index in [0.29, 0.717) is 22.6 Å². The van der Waals surface area contributed by atoms with E-state index in [9.17, 15) is 19.5 Å². The fraction of sp³-hybridized carbons (Fsp3) is 0.382. The Morgan fingerprint density at radius 1 is 0.907 bits per heavy atom.